The lowest BCUT2D eigenvalue weighted by Crippen LogP contribution is -2.08. The van der Waals surface area contributed by atoms with E-state index in [2.05, 4.69) is 17.4 Å². The van der Waals surface area contributed by atoms with E-state index in [0.717, 1.165) is 41.1 Å². The first-order chi connectivity index (χ1) is 10.3. The molecular weight excluding hydrogens is 258 g/mol. The summed E-state index contributed by atoms with van der Waals surface area (Å²) in [5.41, 5.74) is 1.25. The molecule has 2 nitrogen and oxygen atoms in total. The minimum atomic E-state index is 0.112. The van der Waals surface area contributed by atoms with E-state index in [4.69, 9.17) is 0 Å². The van der Waals surface area contributed by atoms with E-state index >= 15 is 0 Å². The molecule has 0 saturated heterocycles. The van der Waals surface area contributed by atoms with Crippen molar-refractivity contribution >= 4 is 21.5 Å². The first-order valence-corrected chi connectivity index (χ1v) is 7.39. The van der Waals surface area contributed by atoms with Gasteiger partial charge < -0.3 is 5.32 Å². The first-order valence-electron chi connectivity index (χ1n) is 7.39. The van der Waals surface area contributed by atoms with Crippen molar-refractivity contribution < 1.29 is 0 Å². The number of fused-ring (bicyclic) bond motifs is 3. The van der Waals surface area contributed by atoms with Gasteiger partial charge >= 0.3 is 0 Å². The molecule has 0 heterocycles. The summed E-state index contributed by atoms with van der Waals surface area (Å²) in [5.74, 6) is 0. The number of nitrogens with one attached hydrogen (secondary N) is 1. The summed E-state index contributed by atoms with van der Waals surface area (Å²) in [5, 5.41) is 7.35. The van der Waals surface area contributed by atoms with Gasteiger partial charge in [-0.15, -0.1) is 0 Å². The number of rotatable bonds is 4. The molecule has 0 bridgehead atoms. The Kier molecular flexibility index (Phi) is 3.98. The Morgan fingerprint density at radius 1 is 0.857 bits per heavy atom. The van der Waals surface area contributed by atoms with Crippen LogP contribution in [0.25, 0.3) is 21.5 Å². The van der Waals surface area contributed by atoms with E-state index in [9.17, 15) is 4.79 Å². The maximum atomic E-state index is 12.5. The Morgan fingerprint density at radius 3 is 2.10 bits per heavy atom. The first kappa shape index (κ1) is 13.8. The Hall–Kier alpha value is -2.19. The van der Waals surface area contributed by atoms with E-state index in [0.29, 0.717) is 0 Å². The maximum Gasteiger partial charge on any atom is 0.186 e. The minimum Gasteiger partial charge on any atom is -0.320 e. The summed E-state index contributed by atoms with van der Waals surface area (Å²) in [4.78, 5) is 12.5. The molecule has 21 heavy (non-hydrogen) atoms. The summed E-state index contributed by atoms with van der Waals surface area (Å²) in [6.45, 7) is 0.959. The molecule has 0 aliphatic carbocycles. The second kappa shape index (κ2) is 6.06. The molecule has 0 atom stereocenters. The Morgan fingerprint density at radius 2 is 1.43 bits per heavy atom. The van der Waals surface area contributed by atoms with Crippen LogP contribution in [-0.2, 0) is 6.42 Å². The normalized spacial score (nSPS) is 11.1. The molecule has 0 fully saturated rings. The highest BCUT2D eigenvalue weighted by Crippen LogP contribution is 2.24. The SMILES string of the molecule is CNCCCc1cc(=O)c2ccccc2c2ccccc12. The van der Waals surface area contributed by atoms with Gasteiger partial charge in [0.2, 0.25) is 0 Å². The van der Waals surface area contributed by atoms with Crippen molar-refractivity contribution in [3.63, 3.8) is 0 Å². The predicted octanol–water partition coefficient (Wildman–Crippen LogP) is 3.51. The monoisotopic (exact) mass is 277 g/mol. The summed E-state index contributed by atoms with van der Waals surface area (Å²) in [6.07, 6.45) is 1.94. The summed E-state index contributed by atoms with van der Waals surface area (Å²) < 4.78 is 0. The summed E-state index contributed by atoms with van der Waals surface area (Å²) in [7, 11) is 1.95. The number of benzene rings is 2. The van der Waals surface area contributed by atoms with Crippen molar-refractivity contribution in [1.82, 2.24) is 5.32 Å². The molecule has 0 spiro atoms. The van der Waals surface area contributed by atoms with Crippen molar-refractivity contribution in [3.8, 4) is 0 Å². The highest BCUT2D eigenvalue weighted by molar-refractivity contribution is 6.06. The third-order valence-electron chi connectivity index (χ3n) is 3.93. The lowest BCUT2D eigenvalue weighted by molar-refractivity contribution is 0.727. The van der Waals surface area contributed by atoms with Gasteiger partial charge in [0.1, 0.15) is 0 Å². The molecule has 0 amide bonds. The third-order valence-corrected chi connectivity index (χ3v) is 3.93. The Labute approximate surface area is 124 Å². The van der Waals surface area contributed by atoms with Gasteiger partial charge in [0.15, 0.2) is 5.43 Å². The molecule has 0 saturated carbocycles. The van der Waals surface area contributed by atoms with Gasteiger partial charge in [-0.3, -0.25) is 4.79 Å². The molecule has 0 radical (unpaired) electrons. The van der Waals surface area contributed by atoms with Crippen LogP contribution in [0.3, 0.4) is 0 Å². The zero-order chi connectivity index (χ0) is 14.7. The van der Waals surface area contributed by atoms with Gasteiger partial charge in [-0.25, -0.2) is 0 Å². The van der Waals surface area contributed by atoms with Crippen LogP contribution < -0.4 is 10.7 Å². The largest absolute Gasteiger partial charge is 0.320 e. The van der Waals surface area contributed by atoms with Crippen molar-refractivity contribution in [2.75, 3.05) is 13.6 Å². The van der Waals surface area contributed by atoms with E-state index in [1.165, 1.54) is 5.39 Å². The van der Waals surface area contributed by atoms with E-state index < -0.39 is 0 Å². The molecule has 0 unspecified atom stereocenters. The fourth-order valence-electron chi connectivity index (χ4n) is 2.91. The molecule has 3 aromatic rings. The second-order valence-corrected chi connectivity index (χ2v) is 5.33. The summed E-state index contributed by atoms with van der Waals surface area (Å²) in [6, 6.07) is 18.0. The van der Waals surface area contributed by atoms with Gasteiger partial charge in [0.05, 0.1) is 0 Å². The fraction of sp³-hybridized carbons (Fsp3) is 0.211. The topological polar surface area (TPSA) is 29.1 Å². The van der Waals surface area contributed by atoms with E-state index in [-0.39, 0.29) is 5.43 Å². The average Bonchev–Trinajstić information content (AvgIpc) is 2.65. The van der Waals surface area contributed by atoms with Crippen LogP contribution in [-0.4, -0.2) is 13.6 Å². The van der Waals surface area contributed by atoms with Gasteiger partial charge in [-0.05, 0) is 54.2 Å². The van der Waals surface area contributed by atoms with Crippen LogP contribution in [0.15, 0.2) is 59.4 Å². The molecule has 0 aliphatic rings. The van der Waals surface area contributed by atoms with Crippen LogP contribution in [0.5, 0.6) is 0 Å². The average molecular weight is 277 g/mol. The van der Waals surface area contributed by atoms with Crippen molar-refractivity contribution in [3.05, 3.63) is 70.4 Å². The van der Waals surface area contributed by atoms with Crippen LogP contribution >= 0.6 is 0 Å². The molecule has 106 valence electrons. The van der Waals surface area contributed by atoms with E-state index in [1.54, 1.807) is 0 Å². The second-order valence-electron chi connectivity index (χ2n) is 5.33. The zero-order valence-electron chi connectivity index (χ0n) is 12.2. The van der Waals surface area contributed by atoms with Crippen molar-refractivity contribution in [2.24, 2.45) is 0 Å². The Bertz CT molecular complexity index is 839. The molecule has 3 rings (SSSR count). The maximum absolute atomic E-state index is 12.5. The standard InChI is InChI=1S/C19H19NO/c1-20-12-6-7-14-13-19(21)18-11-5-4-10-17(18)16-9-3-2-8-15(14)16/h2-5,8-11,13,20H,6-7,12H2,1H3. The van der Waals surface area contributed by atoms with Crippen LogP contribution in [0.1, 0.15) is 12.0 Å². The van der Waals surface area contributed by atoms with Gasteiger partial charge in [-0.2, -0.15) is 0 Å². The smallest absolute Gasteiger partial charge is 0.186 e. The zero-order valence-corrected chi connectivity index (χ0v) is 12.2. The molecule has 0 aromatic heterocycles. The van der Waals surface area contributed by atoms with Crippen LogP contribution in [0, 0.1) is 0 Å². The Balaban J connectivity index is 2.34. The number of hydrogen-bond donors (Lipinski definition) is 1. The lowest BCUT2D eigenvalue weighted by atomic mass is 10.0. The predicted molar refractivity (Wildman–Crippen MR) is 90.0 cm³/mol. The van der Waals surface area contributed by atoms with Crippen LogP contribution in [0.2, 0.25) is 0 Å². The molecular formula is C19H19NO. The highest BCUT2D eigenvalue weighted by atomic mass is 16.1. The van der Waals surface area contributed by atoms with Crippen LogP contribution in [0.4, 0.5) is 0 Å². The molecule has 1 N–H and O–H groups in total. The van der Waals surface area contributed by atoms with Crippen molar-refractivity contribution in [1.29, 1.82) is 0 Å². The van der Waals surface area contributed by atoms with Crippen molar-refractivity contribution in [2.45, 2.75) is 12.8 Å². The minimum absolute atomic E-state index is 0.112. The highest BCUT2D eigenvalue weighted by Gasteiger charge is 2.06. The number of hydrogen-bond acceptors (Lipinski definition) is 2. The van der Waals surface area contributed by atoms with Gasteiger partial charge in [0, 0.05) is 5.39 Å². The third kappa shape index (κ3) is 2.67. The van der Waals surface area contributed by atoms with Gasteiger partial charge in [-0.1, -0.05) is 48.5 Å². The quantitative estimate of drug-likeness (QED) is 0.739. The lowest BCUT2D eigenvalue weighted by Gasteiger charge is -2.03. The summed E-state index contributed by atoms with van der Waals surface area (Å²) >= 11 is 0. The molecule has 2 heteroatoms. The van der Waals surface area contributed by atoms with Gasteiger partial charge in [0.25, 0.3) is 0 Å². The van der Waals surface area contributed by atoms with E-state index in [1.807, 2.05) is 49.5 Å². The molecule has 0 aliphatic heterocycles. The molecule has 3 aromatic carbocycles. The fourth-order valence-corrected chi connectivity index (χ4v) is 2.91. The number of aryl methyl sites for hydroxylation is 1.